The summed E-state index contributed by atoms with van der Waals surface area (Å²) in [6.07, 6.45) is 4.63. The fraction of sp³-hybridized carbons (Fsp3) is 0.333. The quantitative estimate of drug-likeness (QED) is 0.840. The van der Waals surface area contributed by atoms with Crippen molar-refractivity contribution >= 4 is 5.69 Å². The summed E-state index contributed by atoms with van der Waals surface area (Å²) in [4.78, 5) is 0. The molecule has 2 aromatic rings. The molecule has 2 heteroatoms. The van der Waals surface area contributed by atoms with Crippen molar-refractivity contribution in [1.29, 1.82) is 0 Å². The lowest BCUT2D eigenvalue weighted by Gasteiger charge is -2.24. The van der Waals surface area contributed by atoms with E-state index in [1.807, 2.05) is 0 Å². The first-order valence-electron chi connectivity index (χ1n) is 7.54. The number of fused-ring (bicyclic) bond motifs is 2. The zero-order chi connectivity index (χ0) is 13.4. The Hall–Kier alpha value is -1.96. The summed E-state index contributed by atoms with van der Waals surface area (Å²) in [5.74, 6) is 1.11. The first kappa shape index (κ1) is 11.8. The van der Waals surface area contributed by atoms with Gasteiger partial charge in [-0.1, -0.05) is 30.3 Å². The minimum atomic E-state index is 0.845. The lowest BCUT2D eigenvalue weighted by molar-refractivity contribution is 0.289. The van der Waals surface area contributed by atoms with Crippen molar-refractivity contribution in [3.8, 4) is 16.9 Å². The number of rotatable bonds is 1. The van der Waals surface area contributed by atoms with Gasteiger partial charge in [-0.25, -0.2) is 0 Å². The van der Waals surface area contributed by atoms with Gasteiger partial charge < -0.3 is 10.1 Å². The molecule has 0 bridgehead atoms. The van der Waals surface area contributed by atoms with Crippen LogP contribution in [0, 0.1) is 0 Å². The Bertz CT molecular complexity index is 590. The summed E-state index contributed by atoms with van der Waals surface area (Å²) >= 11 is 0. The maximum Gasteiger partial charge on any atom is 0.130 e. The van der Waals surface area contributed by atoms with Crippen LogP contribution in [-0.2, 0) is 12.8 Å². The minimum Gasteiger partial charge on any atom is -0.493 e. The van der Waals surface area contributed by atoms with Gasteiger partial charge in [0, 0.05) is 17.8 Å². The molecule has 0 aromatic heterocycles. The third-order valence-electron chi connectivity index (χ3n) is 4.32. The monoisotopic (exact) mass is 265 g/mol. The Kier molecular flexibility index (Phi) is 2.87. The SMILES string of the molecule is c1cc2c(c(-c3cccc4c3OCCC4)c1)CCCN2. The molecule has 0 saturated carbocycles. The van der Waals surface area contributed by atoms with E-state index < -0.39 is 0 Å². The largest absolute Gasteiger partial charge is 0.493 e. The molecule has 0 unspecified atom stereocenters. The van der Waals surface area contributed by atoms with Gasteiger partial charge in [0.2, 0.25) is 0 Å². The van der Waals surface area contributed by atoms with Crippen LogP contribution in [0.4, 0.5) is 5.69 Å². The topological polar surface area (TPSA) is 21.3 Å². The molecule has 2 heterocycles. The van der Waals surface area contributed by atoms with E-state index >= 15 is 0 Å². The number of aryl methyl sites for hydroxylation is 1. The molecule has 0 radical (unpaired) electrons. The second-order valence-corrected chi connectivity index (χ2v) is 5.61. The molecule has 0 amide bonds. The van der Waals surface area contributed by atoms with E-state index in [1.54, 1.807) is 0 Å². The molecule has 2 aromatic carbocycles. The number of ether oxygens (including phenoxy) is 1. The van der Waals surface area contributed by atoms with Crippen molar-refractivity contribution in [2.45, 2.75) is 25.7 Å². The van der Waals surface area contributed by atoms with Gasteiger partial charge in [-0.15, -0.1) is 0 Å². The molecule has 0 fully saturated rings. The number of hydrogen-bond donors (Lipinski definition) is 1. The van der Waals surface area contributed by atoms with Gasteiger partial charge >= 0.3 is 0 Å². The van der Waals surface area contributed by atoms with Crippen molar-refractivity contribution in [1.82, 2.24) is 0 Å². The fourth-order valence-corrected chi connectivity index (χ4v) is 3.36. The average Bonchev–Trinajstić information content (AvgIpc) is 2.54. The summed E-state index contributed by atoms with van der Waals surface area (Å²) in [6.45, 7) is 1.93. The van der Waals surface area contributed by atoms with E-state index in [0.29, 0.717) is 0 Å². The average molecular weight is 265 g/mol. The van der Waals surface area contributed by atoms with Gasteiger partial charge in [-0.05, 0) is 48.4 Å². The Morgan fingerprint density at radius 3 is 2.80 bits per heavy atom. The van der Waals surface area contributed by atoms with Crippen LogP contribution in [-0.4, -0.2) is 13.2 Å². The molecule has 2 aliphatic rings. The van der Waals surface area contributed by atoms with Gasteiger partial charge in [-0.2, -0.15) is 0 Å². The van der Waals surface area contributed by atoms with Crippen molar-refractivity contribution in [3.63, 3.8) is 0 Å². The summed E-state index contributed by atoms with van der Waals surface area (Å²) in [6, 6.07) is 13.1. The number of hydrogen-bond acceptors (Lipinski definition) is 2. The molecule has 0 atom stereocenters. The zero-order valence-electron chi connectivity index (χ0n) is 11.6. The van der Waals surface area contributed by atoms with Crippen LogP contribution >= 0.6 is 0 Å². The standard InChI is InChI=1S/C18H19NO/c1-5-13-6-4-12-20-18(13)16(8-1)14-7-2-10-17-15(14)9-3-11-19-17/h1-2,5,7-8,10,19H,3-4,6,9,11-12H2. The number of anilines is 1. The lowest BCUT2D eigenvalue weighted by atomic mass is 9.90. The van der Waals surface area contributed by atoms with Crippen LogP contribution in [0.1, 0.15) is 24.0 Å². The normalized spacial score (nSPS) is 16.6. The van der Waals surface area contributed by atoms with Crippen molar-refractivity contribution in [3.05, 3.63) is 47.5 Å². The van der Waals surface area contributed by atoms with E-state index in [2.05, 4.69) is 41.7 Å². The molecule has 102 valence electrons. The predicted octanol–water partition coefficient (Wildman–Crippen LogP) is 4.04. The van der Waals surface area contributed by atoms with Gasteiger partial charge in [0.25, 0.3) is 0 Å². The van der Waals surface area contributed by atoms with Gasteiger partial charge in [0.1, 0.15) is 5.75 Å². The van der Waals surface area contributed by atoms with Gasteiger partial charge in [-0.3, -0.25) is 0 Å². The fourth-order valence-electron chi connectivity index (χ4n) is 3.36. The molecular formula is C18H19NO. The molecule has 0 aliphatic carbocycles. The maximum atomic E-state index is 5.98. The Morgan fingerprint density at radius 2 is 1.80 bits per heavy atom. The summed E-state index contributed by atoms with van der Waals surface area (Å²) in [7, 11) is 0. The second-order valence-electron chi connectivity index (χ2n) is 5.61. The van der Waals surface area contributed by atoms with E-state index in [9.17, 15) is 0 Å². The van der Waals surface area contributed by atoms with E-state index in [4.69, 9.17) is 4.74 Å². The van der Waals surface area contributed by atoms with Crippen LogP contribution in [0.25, 0.3) is 11.1 Å². The predicted molar refractivity (Wildman–Crippen MR) is 82.5 cm³/mol. The third kappa shape index (κ3) is 1.87. The minimum absolute atomic E-state index is 0.845. The van der Waals surface area contributed by atoms with Crippen LogP contribution in [0.15, 0.2) is 36.4 Å². The Balaban J connectivity index is 1.90. The second kappa shape index (κ2) is 4.86. The molecule has 2 aliphatic heterocycles. The summed E-state index contributed by atoms with van der Waals surface area (Å²) in [5, 5.41) is 3.51. The molecule has 2 nitrogen and oxygen atoms in total. The maximum absolute atomic E-state index is 5.98. The van der Waals surface area contributed by atoms with Crippen LogP contribution in [0.2, 0.25) is 0 Å². The summed E-state index contributed by atoms with van der Waals surface area (Å²) < 4.78 is 5.98. The molecule has 0 saturated heterocycles. The molecule has 4 rings (SSSR count). The smallest absolute Gasteiger partial charge is 0.130 e. The highest BCUT2D eigenvalue weighted by Gasteiger charge is 2.19. The highest BCUT2D eigenvalue weighted by atomic mass is 16.5. The summed E-state index contributed by atoms with van der Waals surface area (Å²) in [5.41, 5.74) is 6.70. The number of para-hydroxylation sites is 1. The van der Waals surface area contributed by atoms with Crippen molar-refractivity contribution in [2.24, 2.45) is 0 Å². The first-order chi connectivity index (χ1) is 9.93. The Morgan fingerprint density at radius 1 is 0.900 bits per heavy atom. The molecular weight excluding hydrogens is 246 g/mol. The van der Waals surface area contributed by atoms with E-state index in [1.165, 1.54) is 34.4 Å². The van der Waals surface area contributed by atoms with E-state index in [-0.39, 0.29) is 0 Å². The van der Waals surface area contributed by atoms with Crippen LogP contribution in [0.5, 0.6) is 5.75 Å². The number of benzene rings is 2. The highest BCUT2D eigenvalue weighted by molar-refractivity contribution is 5.79. The number of nitrogens with one attached hydrogen (secondary N) is 1. The zero-order valence-corrected chi connectivity index (χ0v) is 11.6. The Labute approximate surface area is 119 Å². The van der Waals surface area contributed by atoms with Crippen LogP contribution < -0.4 is 10.1 Å². The van der Waals surface area contributed by atoms with Crippen LogP contribution in [0.3, 0.4) is 0 Å². The third-order valence-corrected chi connectivity index (χ3v) is 4.32. The molecule has 0 spiro atoms. The first-order valence-corrected chi connectivity index (χ1v) is 7.54. The molecule has 1 N–H and O–H groups in total. The lowest BCUT2D eigenvalue weighted by Crippen LogP contribution is -2.13. The highest BCUT2D eigenvalue weighted by Crippen LogP contribution is 2.40. The molecule has 20 heavy (non-hydrogen) atoms. The van der Waals surface area contributed by atoms with Gasteiger partial charge in [0.15, 0.2) is 0 Å². The van der Waals surface area contributed by atoms with Crippen molar-refractivity contribution in [2.75, 3.05) is 18.5 Å². The van der Waals surface area contributed by atoms with Gasteiger partial charge in [0.05, 0.1) is 6.61 Å². The van der Waals surface area contributed by atoms with Crippen molar-refractivity contribution < 1.29 is 4.74 Å². The van der Waals surface area contributed by atoms with E-state index in [0.717, 1.165) is 38.2 Å².